The molecular formula is C19H20N2O4. The first-order valence-corrected chi connectivity index (χ1v) is 8.52. The first-order chi connectivity index (χ1) is 12.1. The monoisotopic (exact) mass is 340 g/mol. The second kappa shape index (κ2) is 6.13. The van der Waals surface area contributed by atoms with E-state index in [1.165, 1.54) is 11.1 Å². The van der Waals surface area contributed by atoms with Crippen molar-refractivity contribution in [1.29, 1.82) is 0 Å². The number of rotatable bonds is 2. The van der Waals surface area contributed by atoms with Crippen LogP contribution in [0, 0.1) is 6.92 Å². The second-order valence-corrected chi connectivity index (χ2v) is 6.63. The number of aliphatic hydroxyl groups excluding tert-OH is 1. The van der Waals surface area contributed by atoms with Gasteiger partial charge in [0.25, 0.3) is 11.5 Å². The molecule has 0 spiro atoms. The zero-order chi connectivity index (χ0) is 17.6. The van der Waals surface area contributed by atoms with Crippen molar-refractivity contribution in [2.45, 2.75) is 32.3 Å². The van der Waals surface area contributed by atoms with E-state index in [0.717, 1.165) is 30.0 Å². The van der Waals surface area contributed by atoms with Gasteiger partial charge < -0.3 is 5.11 Å². The molecule has 1 saturated heterocycles. The van der Waals surface area contributed by atoms with Crippen LogP contribution in [-0.4, -0.2) is 39.9 Å². The van der Waals surface area contributed by atoms with Crippen LogP contribution in [0.25, 0.3) is 5.69 Å². The minimum Gasteiger partial charge on any atom is -0.389 e. The van der Waals surface area contributed by atoms with E-state index in [4.69, 9.17) is 4.84 Å². The molecule has 1 N–H and O–H groups in total. The summed E-state index contributed by atoms with van der Waals surface area (Å²) in [5, 5.41) is 10.6. The van der Waals surface area contributed by atoms with Gasteiger partial charge in [0, 0.05) is 6.20 Å². The van der Waals surface area contributed by atoms with E-state index in [1.54, 1.807) is 23.8 Å². The highest BCUT2D eigenvalue weighted by Gasteiger charge is 2.30. The SMILES string of the molecule is Cc1ccn(-c2cccc3c2CCC3)c(=O)c1C(=O)N1CC(O)CO1. The standard InChI is InChI=1S/C19H20N2O4/c1-12-8-9-20(16-7-3-5-13-4-2-6-15(13)16)18(23)17(12)19(24)21-10-14(22)11-25-21/h3,5,7-9,14,22H,2,4,6,10-11H2,1H3. The van der Waals surface area contributed by atoms with Crippen LogP contribution < -0.4 is 5.56 Å². The molecule has 0 saturated carbocycles. The van der Waals surface area contributed by atoms with Crippen LogP contribution >= 0.6 is 0 Å². The summed E-state index contributed by atoms with van der Waals surface area (Å²) >= 11 is 0. The van der Waals surface area contributed by atoms with Gasteiger partial charge in [-0.05, 0) is 55.0 Å². The lowest BCUT2D eigenvalue weighted by Gasteiger charge is -2.17. The van der Waals surface area contributed by atoms with E-state index < -0.39 is 12.0 Å². The molecule has 1 unspecified atom stereocenters. The molecule has 1 fully saturated rings. The van der Waals surface area contributed by atoms with E-state index >= 15 is 0 Å². The highest BCUT2D eigenvalue weighted by molar-refractivity contribution is 5.94. The van der Waals surface area contributed by atoms with Crippen LogP contribution in [0.15, 0.2) is 35.3 Å². The zero-order valence-corrected chi connectivity index (χ0v) is 14.1. The van der Waals surface area contributed by atoms with Crippen molar-refractivity contribution in [2.75, 3.05) is 13.2 Å². The smallest absolute Gasteiger partial charge is 0.283 e. The van der Waals surface area contributed by atoms with E-state index in [2.05, 4.69) is 6.07 Å². The average molecular weight is 340 g/mol. The highest BCUT2D eigenvalue weighted by atomic mass is 16.7. The van der Waals surface area contributed by atoms with Crippen LogP contribution in [-0.2, 0) is 17.7 Å². The normalized spacial score (nSPS) is 19.3. The predicted octanol–water partition coefficient (Wildman–Crippen LogP) is 1.38. The number of aryl methyl sites for hydroxylation is 2. The van der Waals surface area contributed by atoms with Crippen molar-refractivity contribution >= 4 is 5.91 Å². The molecule has 0 bridgehead atoms. The number of hydroxylamine groups is 2. The summed E-state index contributed by atoms with van der Waals surface area (Å²) in [6.07, 6.45) is 4.05. The summed E-state index contributed by atoms with van der Waals surface area (Å²) in [6.45, 7) is 1.88. The predicted molar refractivity (Wildman–Crippen MR) is 91.8 cm³/mol. The molecule has 4 rings (SSSR count). The molecule has 0 radical (unpaired) electrons. The summed E-state index contributed by atoms with van der Waals surface area (Å²) in [5.74, 6) is -0.499. The van der Waals surface area contributed by atoms with E-state index in [1.807, 2.05) is 12.1 Å². The molecule has 2 aromatic rings. The Hall–Kier alpha value is -2.44. The Balaban J connectivity index is 1.81. The highest BCUT2D eigenvalue weighted by Crippen LogP contribution is 2.27. The van der Waals surface area contributed by atoms with Gasteiger partial charge in [-0.3, -0.25) is 19.0 Å². The van der Waals surface area contributed by atoms with Crippen LogP contribution in [0.5, 0.6) is 0 Å². The van der Waals surface area contributed by atoms with Crippen LogP contribution in [0.1, 0.15) is 33.5 Å². The van der Waals surface area contributed by atoms with E-state index in [9.17, 15) is 14.7 Å². The Bertz CT molecular complexity index is 903. The Morgan fingerprint density at radius 2 is 2.12 bits per heavy atom. The average Bonchev–Trinajstić information content (AvgIpc) is 3.23. The molecule has 6 heteroatoms. The number of benzene rings is 1. The minimum atomic E-state index is -0.715. The lowest BCUT2D eigenvalue weighted by atomic mass is 10.1. The largest absolute Gasteiger partial charge is 0.389 e. The maximum absolute atomic E-state index is 13.1. The van der Waals surface area contributed by atoms with Crippen LogP contribution in [0.4, 0.5) is 0 Å². The fraction of sp³-hybridized carbons (Fsp3) is 0.368. The number of aromatic nitrogens is 1. The van der Waals surface area contributed by atoms with Crippen LogP contribution in [0.3, 0.4) is 0 Å². The Kier molecular flexibility index (Phi) is 3.94. The van der Waals surface area contributed by atoms with Crippen molar-refractivity contribution in [2.24, 2.45) is 0 Å². The molecule has 1 aliphatic heterocycles. The van der Waals surface area contributed by atoms with Gasteiger partial charge in [-0.1, -0.05) is 12.1 Å². The Morgan fingerprint density at radius 3 is 2.88 bits per heavy atom. The first-order valence-electron chi connectivity index (χ1n) is 8.52. The van der Waals surface area contributed by atoms with Gasteiger partial charge in [-0.25, -0.2) is 5.06 Å². The number of carbonyl (C=O) groups excluding carboxylic acids is 1. The molecule has 1 atom stereocenters. The van der Waals surface area contributed by atoms with Crippen molar-refractivity contribution < 1.29 is 14.7 Å². The van der Waals surface area contributed by atoms with Gasteiger partial charge >= 0.3 is 0 Å². The molecule has 130 valence electrons. The third-order valence-electron chi connectivity index (χ3n) is 4.92. The number of nitrogens with zero attached hydrogens (tertiary/aromatic N) is 2. The number of β-amino-alcohol motifs (C(OH)–C–C–N with tert-alkyl or cyclic N) is 1. The van der Waals surface area contributed by atoms with E-state index in [0.29, 0.717) is 5.56 Å². The topological polar surface area (TPSA) is 71.8 Å². The maximum Gasteiger partial charge on any atom is 0.283 e. The van der Waals surface area contributed by atoms with Crippen molar-refractivity contribution in [1.82, 2.24) is 9.63 Å². The zero-order valence-electron chi connectivity index (χ0n) is 14.1. The van der Waals surface area contributed by atoms with Gasteiger partial charge in [0.05, 0.1) is 12.2 Å². The van der Waals surface area contributed by atoms with Crippen LogP contribution in [0.2, 0.25) is 0 Å². The van der Waals surface area contributed by atoms with Gasteiger partial charge in [0.1, 0.15) is 18.3 Å². The summed E-state index contributed by atoms with van der Waals surface area (Å²) in [6, 6.07) is 7.74. The van der Waals surface area contributed by atoms with Gasteiger partial charge in [0.2, 0.25) is 0 Å². The number of aliphatic hydroxyl groups is 1. The third-order valence-corrected chi connectivity index (χ3v) is 4.92. The number of fused-ring (bicyclic) bond motifs is 1. The number of hydrogen-bond donors (Lipinski definition) is 1. The molecule has 1 aromatic heterocycles. The summed E-state index contributed by atoms with van der Waals surface area (Å²) in [5.41, 5.74) is 3.63. The minimum absolute atomic E-state index is 0.0675. The molecule has 2 heterocycles. The quantitative estimate of drug-likeness (QED) is 0.897. The van der Waals surface area contributed by atoms with Crippen molar-refractivity contribution in [3.63, 3.8) is 0 Å². The fourth-order valence-corrected chi connectivity index (χ4v) is 3.64. The lowest BCUT2D eigenvalue weighted by molar-refractivity contribution is -0.0781. The fourth-order valence-electron chi connectivity index (χ4n) is 3.64. The van der Waals surface area contributed by atoms with E-state index in [-0.39, 0.29) is 24.3 Å². The maximum atomic E-state index is 13.1. The van der Waals surface area contributed by atoms with Gasteiger partial charge in [-0.15, -0.1) is 0 Å². The number of carbonyl (C=O) groups is 1. The van der Waals surface area contributed by atoms with Gasteiger partial charge in [-0.2, -0.15) is 0 Å². The molecule has 6 nitrogen and oxygen atoms in total. The first kappa shape index (κ1) is 16.1. The molecular weight excluding hydrogens is 320 g/mol. The number of amides is 1. The number of pyridine rings is 1. The Morgan fingerprint density at radius 1 is 1.28 bits per heavy atom. The summed E-state index contributed by atoms with van der Waals surface area (Å²) in [7, 11) is 0. The van der Waals surface area contributed by atoms with Crippen molar-refractivity contribution in [3.8, 4) is 5.69 Å². The molecule has 1 aromatic carbocycles. The second-order valence-electron chi connectivity index (χ2n) is 6.63. The summed E-state index contributed by atoms with van der Waals surface area (Å²) in [4.78, 5) is 31.0. The van der Waals surface area contributed by atoms with Crippen molar-refractivity contribution in [3.05, 3.63) is 63.1 Å². The van der Waals surface area contributed by atoms with Gasteiger partial charge in [0.15, 0.2) is 0 Å². The molecule has 25 heavy (non-hydrogen) atoms. The molecule has 1 amide bonds. The number of hydrogen-bond acceptors (Lipinski definition) is 4. The molecule has 1 aliphatic carbocycles. The Labute approximate surface area is 145 Å². The lowest BCUT2D eigenvalue weighted by Crippen LogP contribution is -2.36. The summed E-state index contributed by atoms with van der Waals surface area (Å²) < 4.78 is 1.55. The molecule has 2 aliphatic rings. The third kappa shape index (κ3) is 2.67.